The maximum absolute atomic E-state index is 8.46. The molecule has 0 saturated carbocycles. The lowest BCUT2D eigenvalue weighted by molar-refractivity contribution is 0.616. The van der Waals surface area contributed by atoms with Gasteiger partial charge in [-0.1, -0.05) is 0 Å². The van der Waals surface area contributed by atoms with Crippen LogP contribution in [0.25, 0.3) is 0 Å². The first-order valence-electron chi connectivity index (χ1n) is 4.47. The molecule has 0 spiro atoms. The van der Waals surface area contributed by atoms with Gasteiger partial charge in [-0.15, -0.1) is 0 Å². The molecule has 1 aromatic rings. The Labute approximate surface area is 77.6 Å². The second-order valence-corrected chi connectivity index (χ2v) is 3.18. The lowest BCUT2D eigenvalue weighted by Crippen LogP contribution is -2.36. The third kappa shape index (κ3) is 1.62. The fourth-order valence-electron chi connectivity index (χ4n) is 1.36. The predicted octanol–water partition coefficient (Wildman–Crippen LogP) is 1.36. The first-order valence-corrected chi connectivity index (χ1v) is 4.47. The number of anilines is 1. The summed E-state index contributed by atoms with van der Waals surface area (Å²) in [4.78, 5) is 6.49. The molecule has 1 aliphatic heterocycles. The quantitative estimate of drug-likeness (QED) is 0.678. The SMILES string of the molecule is N#CCc1ccc(N2CCC2)cn1. The molecule has 1 fully saturated rings. The molecule has 0 unspecified atom stereocenters. The van der Waals surface area contributed by atoms with Gasteiger partial charge in [-0.25, -0.2) is 0 Å². The fraction of sp³-hybridized carbons (Fsp3) is 0.400. The molecule has 0 aromatic carbocycles. The molecule has 1 aromatic heterocycles. The summed E-state index contributed by atoms with van der Waals surface area (Å²) in [5.74, 6) is 0. The van der Waals surface area contributed by atoms with Crippen molar-refractivity contribution >= 4 is 5.69 Å². The van der Waals surface area contributed by atoms with Gasteiger partial charge in [0.05, 0.1) is 30.1 Å². The van der Waals surface area contributed by atoms with Gasteiger partial charge >= 0.3 is 0 Å². The van der Waals surface area contributed by atoms with E-state index in [4.69, 9.17) is 5.26 Å². The van der Waals surface area contributed by atoms with Crippen molar-refractivity contribution < 1.29 is 0 Å². The third-order valence-electron chi connectivity index (χ3n) is 2.29. The van der Waals surface area contributed by atoms with E-state index in [1.165, 1.54) is 12.1 Å². The van der Waals surface area contributed by atoms with Crippen molar-refractivity contribution in [3.05, 3.63) is 24.0 Å². The van der Waals surface area contributed by atoms with Gasteiger partial charge in [0.2, 0.25) is 0 Å². The highest BCUT2D eigenvalue weighted by Gasteiger charge is 2.13. The van der Waals surface area contributed by atoms with Gasteiger partial charge in [-0.05, 0) is 18.6 Å². The second kappa shape index (κ2) is 3.44. The van der Waals surface area contributed by atoms with Crippen LogP contribution in [-0.2, 0) is 6.42 Å². The van der Waals surface area contributed by atoms with Gasteiger partial charge in [0, 0.05) is 13.1 Å². The Morgan fingerprint density at radius 1 is 1.46 bits per heavy atom. The average molecular weight is 173 g/mol. The molecule has 0 N–H and O–H groups in total. The van der Waals surface area contributed by atoms with Crippen molar-refractivity contribution in [2.24, 2.45) is 0 Å². The summed E-state index contributed by atoms with van der Waals surface area (Å²) in [6.07, 6.45) is 3.53. The number of hydrogen-bond acceptors (Lipinski definition) is 3. The number of aromatic nitrogens is 1. The Morgan fingerprint density at radius 3 is 2.77 bits per heavy atom. The summed E-state index contributed by atoms with van der Waals surface area (Å²) in [6, 6.07) is 6.05. The molecule has 0 atom stereocenters. The molecule has 66 valence electrons. The van der Waals surface area contributed by atoms with Crippen LogP contribution in [0, 0.1) is 11.3 Å². The van der Waals surface area contributed by atoms with Crippen molar-refractivity contribution in [2.45, 2.75) is 12.8 Å². The largest absolute Gasteiger partial charge is 0.370 e. The zero-order chi connectivity index (χ0) is 9.10. The van der Waals surface area contributed by atoms with E-state index in [1.807, 2.05) is 18.3 Å². The van der Waals surface area contributed by atoms with Crippen molar-refractivity contribution in [3.8, 4) is 6.07 Å². The lowest BCUT2D eigenvalue weighted by Gasteiger charge is -2.32. The molecule has 0 bridgehead atoms. The highest BCUT2D eigenvalue weighted by Crippen LogP contribution is 2.19. The molecular formula is C10H11N3. The standard InChI is InChI=1S/C10H11N3/c11-5-4-9-2-3-10(8-12-9)13-6-1-7-13/h2-3,8H,1,4,6-7H2. The fourth-order valence-corrected chi connectivity index (χ4v) is 1.36. The highest BCUT2D eigenvalue weighted by atomic mass is 15.2. The van der Waals surface area contributed by atoms with Crippen LogP contribution in [0.1, 0.15) is 12.1 Å². The highest BCUT2D eigenvalue weighted by molar-refractivity contribution is 5.46. The van der Waals surface area contributed by atoms with Crippen LogP contribution in [0.5, 0.6) is 0 Å². The van der Waals surface area contributed by atoms with E-state index >= 15 is 0 Å². The zero-order valence-electron chi connectivity index (χ0n) is 7.40. The Morgan fingerprint density at radius 2 is 2.31 bits per heavy atom. The van der Waals surface area contributed by atoms with Crippen LogP contribution in [0.15, 0.2) is 18.3 Å². The summed E-state index contributed by atoms with van der Waals surface area (Å²) in [5, 5.41) is 8.46. The molecular weight excluding hydrogens is 162 g/mol. The summed E-state index contributed by atoms with van der Waals surface area (Å²) < 4.78 is 0. The minimum absolute atomic E-state index is 0.403. The molecule has 2 rings (SSSR count). The number of hydrogen-bond donors (Lipinski definition) is 0. The van der Waals surface area contributed by atoms with Gasteiger partial charge in [0.15, 0.2) is 0 Å². The van der Waals surface area contributed by atoms with E-state index in [2.05, 4.69) is 16.0 Å². The van der Waals surface area contributed by atoms with E-state index in [-0.39, 0.29) is 0 Å². The molecule has 1 aliphatic rings. The van der Waals surface area contributed by atoms with Crippen LogP contribution in [0.2, 0.25) is 0 Å². The number of rotatable bonds is 2. The Hall–Kier alpha value is -1.56. The molecule has 0 radical (unpaired) electrons. The van der Waals surface area contributed by atoms with Gasteiger partial charge in [-0.2, -0.15) is 5.26 Å². The predicted molar refractivity (Wildman–Crippen MR) is 50.4 cm³/mol. The summed E-state index contributed by atoms with van der Waals surface area (Å²) in [5.41, 5.74) is 2.03. The van der Waals surface area contributed by atoms with Gasteiger partial charge in [0.1, 0.15) is 0 Å². The Kier molecular flexibility index (Phi) is 2.13. The van der Waals surface area contributed by atoms with Crippen molar-refractivity contribution in [2.75, 3.05) is 18.0 Å². The van der Waals surface area contributed by atoms with Gasteiger partial charge < -0.3 is 4.90 Å². The van der Waals surface area contributed by atoms with Crippen molar-refractivity contribution in [1.29, 1.82) is 5.26 Å². The normalized spacial score (nSPS) is 14.8. The summed E-state index contributed by atoms with van der Waals surface area (Å²) >= 11 is 0. The second-order valence-electron chi connectivity index (χ2n) is 3.18. The Balaban J connectivity index is 2.09. The van der Waals surface area contributed by atoms with Gasteiger partial charge in [0.25, 0.3) is 0 Å². The first-order chi connectivity index (χ1) is 6.40. The zero-order valence-corrected chi connectivity index (χ0v) is 7.40. The summed E-state index contributed by atoms with van der Waals surface area (Å²) in [6.45, 7) is 2.28. The molecule has 13 heavy (non-hydrogen) atoms. The van der Waals surface area contributed by atoms with Crippen LogP contribution < -0.4 is 4.90 Å². The van der Waals surface area contributed by atoms with E-state index in [9.17, 15) is 0 Å². The first kappa shape index (κ1) is 8.06. The van der Waals surface area contributed by atoms with Crippen LogP contribution >= 0.6 is 0 Å². The molecule has 0 aliphatic carbocycles. The van der Waals surface area contributed by atoms with Crippen molar-refractivity contribution in [3.63, 3.8) is 0 Å². The number of nitriles is 1. The topological polar surface area (TPSA) is 39.9 Å². The maximum atomic E-state index is 8.46. The van der Waals surface area contributed by atoms with Crippen LogP contribution in [-0.4, -0.2) is 18.1 Å². The van der Waals surface area contributed by atoms with E-state index in [0.29, 0.717) is 6.42 Å². The molecule has 3 nitrogen and oxygen atoms in total. The van der Waals surface area contributed by atoms with Gasteiger partial charge in [-0.3, -0.25) is 4.98 Å². The number of pyridine rings is 1. The minimum Gasteiger partial charge on any atom is -0.370 e. The monoisotopic (exact) mass is 173 g/mol. The van der Waals surface area contributed by atoms with E-state index in [0.717, 1.165) is 18.8 Å². The van der Waals surface area contributed by atoms with Crippen LogP contribution in [0.4, 0.5) is 5.69 Å². The Bertz CT molecular complexity index is 319. The van der Waals surface area contributed by atoms with Crippen LogP contribution in [0.3, 0.4) is 0 Å². The molecule has 2 heterocycles. The maximum Gasteiger partial charge on any atom is 0.0774 e. The molecule has 0 amide bonds. The lowest BCUT2D eigenvalue weighted by atomic mass is 10.2. The summed E-state index contributed by atoms with van der Waals surface area (Å²) in [7, 11) is 0. The van der Waals surface area contributed by atoms with E-state index in [1.54, 1.807) is 0 Å². The third-order valence-corrected chi connectivity index (χ3v) is 2.29. The van der Waals surface area contributed by atoms with E-state index < -0.39 is 0 Å². The molecule has 3 heteroatoms. The average Bonchev–Trinajstić information content (AvgIpc) is 2.06. The minimum atomic E-state index is 0.403. The van der Waals surface area contributed by atoms with Crippen molar-refractivity contribution in [1.82, 2.24) is 4.98 Å². The molecule has 1 saturated heterocycles. The number of nitrogens with zero attached hydrogens (tertiary/aromatic N) is 3. The smallest absolute Gasteiger partial charge is 0.0774 e.